The van der Waals surface area contributed by atoms with E-state index in [4.69, 9.17) is 16.3 Å². The highest BCUT2D eigenvalue weighted by molar-refractivity contribution is 6.30. The minimum absolute atomic E-state index is 0.121. The molecule has 0 bridgehead atoms. The summed E-state index contributed by atoms with van der Waals surface area (Å²) < 4.78 is 5.51. The van der Waals surface area contributed by atoms with E-state index >= 15 is 0 Å². The van der Waals surface area contributed by atoms with Crippen LogP contribution in [0.2, 0.25) is 5.02 Å². The van der Waals surface area contributed by atoms with E-state index in [0.29, 0.717) is 22.0 Å². The van der Waals surface area contributed by atoms with Gasteiger partial charge < -0.3 is 15.4 Å². The maximum atomic E-state index is 12.3. The van der Waals surface area contributed by atoms with Gasteiger partial charge in [-0.3, -0.25) is 9.59 Å². The van der Waals surface area contributed by atoms with Gasteiger partial charge in [0.05, 0.1) is 0 Å². The fourth-order valence-corrected chi connectivity index (χ4v) is 2.85. The summed E-state index contributed by atoms with van der Waals surface area (Å²) in [7, 11) is 0. The second-order valence-electron chi connectivity index (χ2n) is 6.64. The Bertz CT molecular complexity index is 1020. The molecule has 0 saturated heterocycles. The molecule has 6 heteroatoms. The number of carbonyl (C=O) groups is 2. The molecular weight excluding hydrogens is 388 g/mol. The first kappa shape index (κ1) is 20.4. The number of ether oxygens (including phenoxy) is 1. The van der Waals surface area contributed by atoms with Crippen LogP contribution in [-0.2, 0) is 4.79 Å². The Labute approximate surface area is 174 Å². The van der Waals surface area contributed by atoms with Crippen LogP contribution in [0.3, 0.4) is 0 Å². The smallest absolute Gasteiger partial charge is 0.262 e. The topological polar surface area (TPSA) is 67.4 Å². The van der Waals surface area contributed by atoms with E-state index in [2.05, 4.69) is 10.6 Å². The van der Waals surface area contributed by atoms with E-state index in [1.807, 2.05) is 32.0 Å². The summed E-state index contributed by atoms with van der Waals surface area (Å²) in [4.78, 5) is 24.4. The van der Waals surface area contributed by atoms with Crippen molar-refractivity contribution >= 4 is 34.8 Å². The standard InChI is InChI=1S/C23H21ClN2O3/c1-15-3-12-21(16(2)13-15)26-22(27)14-29-20-10-4-17(5-11-20)23(28)25-19-8-6-18(24)7-9-19/h3-13H,14H2,1-2H3,(H,25,28)(H,26,27). The van der Waals surface area contributed by atoms with Gasteiger partial charge >= 0.3 is 0 Å². The fraction of sp³-hybridized carbons (Fsp3) is 0.130. The lowest BCUT2D eigenvalue weighted by Gasteiger charge is -2.11. The van der Waals surface area contributed by atoms with Gasteiger partial charge in [-0.15, -0.1) is 0 Å². The van der Waals surface area contributed by atoms with Crippen LogP contribution in [0.1, 0.15) is 21.5 Å². The first-order valence-electron chi connectivity index (χ1n) is 9.07. The third-order valence-electron chi connectivity index (χ3n) is 4.24. The Kier molecular flexibility index (Phi) is 6.52. The van der Waals surface area contributed by atoms with Crippen molar-refractivity contribution in [2.75, 3.05) is 17.2 Å². The second-order valence-corrected chi connectivity index (χ2v) is 7.08. The lowest BCUT2D eigenvalue weighted by atomic mass is 10.1. The van der Waals surface area contributed by atoms with Crippen molar-refractivity contribution in [2.24, 2.45) is 0 Å². The van der Waals surface area contributed by atoms with Gasteiger partial charge in [-0.2, -0.15) is 0 Å². The van der Waals surface area contributed by atoms with Crippen molar-refractivity contribution in [3.63, 3.8) is 0 Å². The van der Waals surface area contributed by atoms with E-state index in [-0.39, 0.29) is 18.4 Å². The number of rotatable bonds is 6. The predicted molar refractivity (Wildman–Crippen MR) is 116 cm³/mol. The second kappa shape index (κ2) is 9.26. The molecule has 3 rings (SSSR count). The number of amides is 2. The van der Waals surface area contributed by atoms with Crippen molar-refractivity contribution in [1.82, 2.24) is 0 Å². The average molecular weight is 409 g/mol. The number of nitrogens with one attached hydrogen (secondary N) is 2. The molecule has 0 fully saturated rings. The number of carbonyl (C=O) groups excluding carboxylic acids is 2. The maximum Gasteiger partial charge on any atom is 0.262 e. The lowest BCUT2D eigenvalue weighted by Crippen LogP contribution is -2.20. The van der Waals surface area contributed by atoms with Gasteiger partial charge in [0.25, 0.3) is 11.8 Å². The molecule has 0 aliphatic rings. The maximum absolute atomic E-state index is 12.3. The Morgan fingerprint density at radius 2 is 1.59 bits per heavy atom. The Hall–Kier alpha value is -3.31. The van der Waals surface area contributed by atoms with E-state index in [1.54, 1.807) is 48.5 Å². The van der Waals surface area contributed by atoms with Crippen molar-refractivity contribution in [3.05, 3.63) is 88.4 Å². The van der Waals surface area contributed by atoms with Crippen LogP contribution in [0.4, 0.5) is 11.4 Å². The Morgan fingerprint density at radius 1 is 0.897 bits per heavy atom. The molecule has 0 aromatic heterocycles. The van der Waals surface area contributed by atoms with Crippen molar-refractivity contribution < 1.29 is 14.3 Å². The number of hydrogen-bond donors (Lipinski definition) is 2. The molecule has 2 N–H and O–H groups in total. The third kappa shape index (κ3) is 5.83. The van der Waals surface area contributed by atoms with E-state index in [1.165, 1.54) is 0 Å². The monoisotopic (exact) mass is 408 g/mol. The van der Waals surface area contributed by atoms with Gasteiger partial charge in [0.1, 0.15) is 5.75 Å². The normalized spacial score (nSPS) is 10.3. The van der Waals surface area contributed by atoms with Crippen LogP contribution in [0, 0.1) is 13.8 Å². The van der Waals surface area contributed by atoms with Gasteiger partial charge in [0, 0.05) is 22.0 Å². The molecule has 2 amide bonds. The first-order valence-corrected chi connectivity index (χ1v) is 9.45. The molecule has 0 atom stereocenters. The molecule has 5 nitrogen and oxygen atoms in total. The number of aryl methyl sites for hydroxylation is 2. The minimum Gasteiger partial charge on any atom is -0.484 e. The molecule has 0 unspecified atom stereocenters. The number of halogens is 1. The molecule has 0 radical (unpaired) electrons. The van der Waals surface area contributed by atoms with Gasteiger partial charge in [-0.1, -0.05) is 29.3 Å². The van der Waals surface area contributed by atoms with Crippen LogP contribution < -0.4 is 15.4 Å². The fourth-order valence-electron chi connectivity index (χ4n) is 2.73. The number of benzene rings is 3. The number of hydrogen-bond acceptors (Lipinski definition) is 3. The van der Waals surface area contributed by atoms with Gasteiger partial charge in [0.15, 0.2) is 6.61 Å². The SMILES string of the molecule is Cc1ccc(NC(=O)COc2ccc(C(=O)Nc3ccc(Cl)cc3)cc2)c(C)c1. The minimum atomic E-state index is -0.249. The Morgan fingerprint density at radius 3 is 2.24 bits per heavy atom. The van der Waals surface area contributed by atoms with Gasteiger partial charge in [-0.25, -0.2) is 0 Å². The summed E-state index contributed by atoms with van der Waals surface area (Å²) in [5.41, 5.74) is 4.03. The van der Waals surface area contributed by atoms with Crippen LogP contribution in [0.5, 0.6) is 5.75 Å². The zero-order valence-corrected chi connectivity index (χ0v) is 16.9. The van der Waals surface area contributed by atoms with Crippen LogP contribution in [0.15, 0.2) is 66.7 Å². The highest BCUT2D eigenvalue weighted by Gasteiger charge is 2.09. The van der Waals surface area contributed by atoms with Crippen LogP contribution in [0.25, 0.3) is 0 Å². The molecule has 0 spiro atoms. The average Bonchev–Trinajstić information content (AvgIpc) is 2.70. The molecule has 0 aliphatic carbocycles. The molecule has 29 heavy (non-hydrogen) atoms. The summed E-state index contributed by atoms with van der Waals surface area (Å²) >= 11 is 5.84. The van der Waals surface area contributed by atoms with E-state index < -0.39 is 0 Å². The first-order chi connectivity index (χ1) is 13.9. The van der Waals surface area contributed by atoms with E-state index in [0.717, 1.165) is 16.8 Å². The zero-order chi connectivity index (χ0) is 20.8. The highest BCUT2D eigenvalue weighted by atomic mass is 35.5. The zero-order valence-electron chi connectivity index (χ0n) is 16.2. The molecule has 0 heterocycles. The van der Waals surface area contributed by atoms with E-state index in [9.17, 15) is 9.59 Å². The summed E-state index contributed by atoms with van der Waals surface area (Å²) in [6, 6.07) is 19.3. The van der Waals surface area contributed by atoms with Gasteiger partial charge in [0.2, 0.25) is 0 Å². The van der Waals surface area contributed by atoms with Crippen molar-refractivity contribution in [3.8, 4) is 5.75 Å². The van der Waals surface area contributed by atoms with Crippen LogP contribution in [-0.4, -0.2) is 18.4 Å². The largest absolute Gasteiger partial charge is 0.484 e. The molecular formula is C23H21ClN2O3. The highest BCUT2D eigenvalue weighted by Crippen LogP contribution is 2.18. The summed E-state index contributed by atoms with van der Waals surface area (Å²) in [5.74, 6) is 0.0109. The van der Waals surface area contributed by atoms with Crippen molar-refractivity contribution in [2.45, 2.75) is 13.8 Å². The quantitative estimate of drug-likeness (QED) is 0.587. The molecule has 3 aromatic carbocycles. The molecule has 3 aromatic rings. The predicted octanol–water partition coefficient (Wildman–Crippen LogP) is 5.23. The Balaban J connectivity index is 1.52. The van der Waals surface area contributed by atoms with Crippen molar-refractivity contribution in [1.29, 1.82) is 0 Å². The third-order valence-corrected chi connectivity index (χ3v) is 4.50. The summed E-state index contributed by atoms with van der Waals surface area (Å²) in [6.45, 7) is 3.82. The lowest BCUT2D eigenvalue weighted by molar-refractivity contribution is -0.118. The molecule has 148 valence electrons. The number of anilines is 2. The van der Waals surface area contributed by atoms with Crippen LogP contribution >= 0.6 is 11.6 Å². The molecule has 0 saturated carbocycles. The summed E-state index contributed by atoms with van der Waals surface area (Å²) in [5, 5.41) is 6.22. The van der Waals surface area contributed by atoms with Gasteiger partial charge in [-0.05, 0) is 74.0 Å². The summed E-state index contributed by atoms with van der Waals surface area (Å²) in [6.07, 6.45) is 0. The molecule has 0 aliphatic heterocycles.